The highest BCUT2D eigenvalue weighted by Gasteiger charge is 2.43. The van der Waals surface area contributed by atoms with Crippen molar-refractivity contribution in [3.63, 3.8) is 0 Å². The average molecular weight is 314 g/mol. The van der Waals surface area contributed by atoms with Crippen LogP contribution in [0, 0.1) is 5.82 Å². The van der Waals surface area contributed by atoms with Gasteiger partial charge in [0.05, 0.1) is 12.2 Å². The van der Waals surface area contributed by atoms with Gasteiger partial charge in [0, 0.05) is 24.0 Å². The molecule has 1 amide bonds. The van der Waals surface area contributed by atoms with Crippen LogP contribution >= 0.6 is 11.6 Å². The number of ether oxygens (including phenoxy) is 1. The molecular formula is C15H17ClFNO3. The van der Waals surface area contributed by atoms with Gasteiger partial charge in [-0.25, -0.2) is 9.18 Å². The minimum Gasteiger partial charge on any atom is -0.465 e. The lowest BCUT2D eigenvalue weighted by Gasteiger charge is -2.37. The van der Waals surface area contributed by atoms with E-state index in [1.165, 1.54) is 17.0 Å². The highest BCUT2D eigenvalue weighted by Crippen LogP contribution is 2.43. The molecule has 1 N–H and O–H groups in total. The molecule has 1 atom stereocenters. The molecule has 1 aromatic carbocycles. The standard InChI is InChI=1S/C15H17ClFNO3/c16-12-5-10(6-13(17)7-12)11-8-15(21-9-11)1-3-18(4-2-15)14(19)20/h5-7,11H,1-4,8-9H2,(H,19,20)/t11-/m1/s1. The molecule has 2 fully saturated rings. The summed E-state index contributed by atoms with van der Waals surface area (Å²) in [5, 5.41) is 9.38. The molecule has 0 bridgehead atoms. The fourth-order valence-electron chi connectivity index (χ4n) is 3.32. The molecule has 21 heavy (non-hydrogen) atoms. The largest absolute Gasteiger partial charge is 0.465 e. The number of hydrogen-bond acceptors (Lipinski definition) is 2. The summed E-state index contributed by atoms with van der Waals surface area (Å²) in [6.07, 6.45) is 1.30. The predicted molar refractivity (Wildman–Crippen MR) is 76.3 cm³/mol. The summed E-state index contributed by atoms with van der Waals surface area (Å²) in [4.78, 5) is 12.4. The summed E-state index contributed by atoms with van der Waals surface area (Å²) in [6, 6.07) is 4.58. The van der Waals surface area contributed by atoms with Crippen molar-refractivity contribution in [2.45, 2.75) is 30.8 Å². The molecule has 0 aliphatic carbocycles. The molecule has 0 saturated carbocycles. The van der Waals surface area contributed by atoms with Crippen molar-refractivity contribution in [2.24, 2.45) is 0 Å². The lowest BCUT2D eigenvalue weighted by molar-refractivity contribution is -0.0394. The van der Waals surface area contributed by atoms with Crippen LogP contribution in [0.4, 0.5) is 9.18 Å². The number of likely N-dealkylation sites (tertiary alicyclic amines) is 1. The molecular weight excluding hydrogens is 297 g/mol. The fraction of sp³-hybridized carbons (Fsp3) is 0.533. The molecule has 3 rings (SSSR count). The van der Waals surface area contributed by atoms with Crippen LogP contribution in [0.25, 0.3) is 0 Å². The first-order valence-corrected chi connectivity index (χ1v) is 7.43. The summed E-state index contributed by atoms with van der Waals surface area (Å²) in [5.41, 5.74) is 0.590. The lowest BCUT2D eigenvalue weighted by atomic mass is 9.83. The second-order valence-corrected chi connectivity index (χ2v) is 6.30. The second kappa shape index (κ2) is 5.46. The van der Waals surface area contributed by atoms with Gasteiger partial charge in [-0.15, -0.1) is 0 Å². The first-order chi connectivity index (χ1) is 9.97. The van der Waals surface area contributed by atoms with Crippen LogP contribution in [0.2, 0.25) is 5.02 Å². The highest BCUT2D eigenvalue weighted by molar-refractivity contribution is 6.30. The Hall–Kier alpha value is -1.33. The Kier molecular flexibility index (Phi) is 3.80. The maximum absolute atomic E-state index is 13.5. The van der Waals surface area contributed by atoms with Crippen molar-refractivity contribution in [3.8, 4) is 0 Å². The SMILES string of the molecule is O=C(O)N1CCC2(CC1)C[C@@H](c1cc(F)cc(Cl)c1)CO2. The highest BCUT2D eigenvalue weighted by atomic mass is 35.5. The van der Waals surface area contributed by atoms with Gasteiger partial charge in [-0.1, -0.05) is 11.6 Å². The zero-order chi connectivity index (χ0) is 15.0. The number of rotatable bonds is 1. The van der Waals surface area contributed by atoms with E-state index in [0.29, 0.717) is 37.6 Å². The third-order valence-corrected chi connectivity index (χ3v) is 4.73. The van der Waals surface area contributed by atoms with Gasteiger partial charge in [0.1, 0.15) is 5.82 Å². The zero-order valence-electron chi connectivity index (χ0n) is 11.5. The number of nitrogens with zero attached hydrogens (tertiary/aromatic N) is 1. The summed E-state index contributed by atoms with van der Waals surface area (Å²) < 4.78 is 19.4. The van der Waals surface area contributed by atoms with E-state index in [0.717, 1.165) is 12.0 Å². The zero-order valence-corrected chi connectivity index (χ0v) is 12.3. The molecule has 2 saturated heterocycles. The normalized spacial score (nSPS) is 24.5. The molecule has 0 aromatic heterocycles. The van der Waals surface area contributed by atoms with E-state index in [-0.39, 0.29) is 17.3 Å². The third-order valence-electron chi connectivity index (χ3n) is 4.51. The van der Waals surface area contributed by atoms with Gasteiger partial charge in [-0.3, -0.25) is 0 Å². The Morgan fingerprint density at radius 3 is 2.71 bits per heavy atom. The van der Waals surface area contributed by atoms with E-state index in [4.69, 9.17) is 21.4 Å². The summed E-state index contributed by atoms with van der Waals surface area (Å²) in [6.45, 7) is 1.52. The van der Waals surface area contributed by atoms with Gasteiger partial charge in [-0.05, 0) is 43.0 Å². The summed E-state index contributed by atoms with van der Waals surface area (Å²) in [7, 11) is 0. The molecule has 2 aliphatic rings. The van der Waals surface area contributed by atoms with E-state index in [9.17, 15) is 9.18 Å². The molecule has 2 aliphatic heterocycles. The molecule has 2 heterocycles. The van der Waals surface area contributed by atoms with Gasteiger partial charge >= 0.3 is 6.09 Å². The van der Waals surface area contributed by atoms with Crippen molar-refractivity contribution in [2.75, 3.05) is 19.7 Å². The van der Waals surface area contributed by atoms with Crippen LogP contribution in [0.1, 0.15) is 30.7 Å². The molecule has 0 radical (unpaired) electrons. The molecule has 6 heteroatoms. The van der Waals surface area contributed by atoms with Crippen LogP contribution in [-0.2, 0) is 4.74 Å². The smallest absolute Gasteiger partial charge is 0.407 e. The van der Waals surface area contributed by atoms with E-state index < -0.39 is 6.09 Å². The topological polar surface area (TPSA) is 49.8 Å². The Balaban J connectivity index is 1.69. The number of amides is 1. The van der Waals surface area contributed by atoms with Gasteiger partial charge in [0.25, 0.3) is 0 Å². The molecule has 114 valence electrons. The van der Waals surface area contributed by atoms with Crippen LogP contribution < -0.4 is 0 Å². The van der Waals surface area contributed by atoms with E-state index in [2.05, 4.69) is 0 Å². The Morgan fingerprint density at radius 1 is 1.38 bits per heavy atom. The van der Waals surface area contributed by atoms with E-state index >= 15 is 0 Å². The van der Waals surface area contributed by atoms with Crippen molar-refractivity contribution in [3.05, 3.63) is 34.6 Å². The monoisotopic (exact) mass is 313 g/mol. The Labute approximate surface area is 127 Å². The van der Waals surface area contributed by atoms with Gasteiger partial charge in [0.2, 0.25) is 0 Å². The van der Waals surface area contributed by atoms with Gasteiger partial charge in [0.15, 0.2) is 0 Å². The minimum absolute atomic E-state index is 0.120. The predicted octanol–water partition coefficient (Wildman–Crippen LogP) is 3.50. The molecule has 4 nitrogen and oxygen atoms in total. The van der Waals surface area contributed by atoms with Crippen LogP contribution in [-0.4, -0.2) is 41.4 Å². The van der Waals surface area contributed by atoms with Crippen LogP contribution in [0.3, 0.4) is 0 Å². The number of benzene rings is 1. The third kappa shape index (κ3) is 2.99. The van der Waals surface area contributed by atoms with Crippen LogP contribution in [0.5, 0.6) is 0 Å². The average Bonchev–Trinajstić information content (AvgIpc) is 2.82. The molecule has 0 unspecified atom stereocenters. The van der Waals surface area contributed by atoms with Crippen LogP contribution in [0.15, 0.2) is 18.2 Å². The van der Waals surface area contributed by atoms with Crippen molar-refractivity contribution in [1.82, 2.24) is 4.90 Å². The number of piperidine rings is 1. The fourth-order valence-corrected chi connectivity index (χ4v) is 3.55. The van der Waals surface area contributed by atoms with Crippen molar-refractivity contribution < 1.29 is 19.0 Å². The van der Waals surface area contributed by atoms with Gasteiger partial charge in [-0.2, -0.15) is 0 Å². The molecule has 1 aromatic rings. The Bertz CT molecular complexity index is 538. The first-order valence-electron chi connectivity index (χ1n) is 7.05. The Morgan fingerprint density at radius 2 is 2.10 bits per heavy atom. The number of halogens is 2. The summed E-state index contributed by atoms with van der Waals surface area (Å²) in [5.74, 6) is -0.214. The quantitative estimate of drug-likeness (QED) is 0.863. The second-order valence-electron chi connectivity index (χ2n) is 5.87. The van der Waals surface area contributed by atoms with Crippen molar-refractivity contribution >= 4 is 17.7 Å². The maximum Gasteiger partial charge on any atom is 0.407 e. The first kappa shape index (κ1) is 14.6. The molecule has 1 spiro atoms. The van der Waals surface area contributed by atoms with E-state index in [1.807, 2.05) is 0 Å². The van der Waals surface area contributed by atoms with E-state index in [1.54, 1.807) is 6.07 Å². The number of carboxylic acid groups (broad SMARTS) is 1. The number of hydrogen-bond donors (Lipinski definition) is 1. The minimum atomic E-state index is -0.878. The van der Waals surface area contributed by atoms with Crippen molar-refractivity contribution in [1.29, 1.82) is 0 Å². The number of carbonyl (C=O) groups is 1. The lowest BCUT2D eigenvalue weighted by Crippen LogP contribution is -2.45. The maximum atomic E-state index is 13.5. The van der Waals surface area contributed by atoms with Gasteiger partial charge < -0.3 is 14.7 Å². The summed E-state index contributed by atoms with van der Waals surface area (Å²) >= 11 is 5.91.